The lowest BCUT2D eigenvalue weighted by Crippen LogP contribution is -2.29. The molecule has 100 valence electrons. The van der Waals surface area contributed by atoms with Crippen molar-refractivity contribution in [1.82, 2.24) is 5.32 Å². The third-order valence-corrected chi connectivity index (χ3v) is 6.27. The van der Waals surface area contributed by atoms with Gasteiger partial charge in [0.25, 0.3) is 0 Å². The van der Waals surface area contributed by atoms with Gasteiger partial charge in [-0.25, -0.2) is 8.42 Å². The van der Waals surface area contributed by atoms with Crippen molar-refractivity contribution < 1.29 is 13.3 Å². The Morgan fingerprint density at radius 2 is 2.28 bits per heavy atom. The van der Waals surface area contributed by atoms with E-state index >= 15 is 0 Å². The third kappa shape index (κ3) is 3.06. The number of nitro groups is 1. The van der Waals surface area contributed by atoms with Crippen molar-refractivity contribution in [3.8, 4) is 0 Å². The summed E-state index contributed by atoms with van der Waals surface area (Å²) in [5, 5.41) is 13.4. The van der Waals surface area contributed by atoms with Gasteiger partial charge in [0, 0.05) is 24.0 Å². The molecule has 1 unspecified atom stereocenters. The van der Waals surface area contributed by atoms with E-state index in [0.717, 1.165) is 22.6 Å². The van der Waals surface area contributed by atoms with E-state index in [1.54, 1.807) is 6.07 Å². The summed E-state index contributed by atoms with van der Waals surface area (Å²) in [4.78, 5) is 10.9. The van der Waals surface area contributed by atoms with E-state index in [-0.39, 0.29) is 16.0 Å². The largest absolute Gasteiger partial charge is 0.324 e. The second kappa shape index (κ2) is 5.33. The molecule has 1 N–H and O–H groups in total. The molecule has 6 nitrogen and oxygen atoms in total. The summed E-state index contributed by atoms with van der Waals surface area (Å²) in [5.74, 6) is 0.282. The molecule has 1 saturated heterocycles. The van der Waals surface area contributed by atoms with Crippen LogP contribution in [0.5, 0.6) is 0 Å². The maximum Gasteiger partial charge on any atom is 0.324 e. The molecule has 0 saturated carbocycles. The fraction of sp³-hybridized carbons (Fsp3) is 0.600. The maximum absolute atomic E-state index is 11.6. The second-order valence-corrected chi connectivity index (χ2v) is 7.81. The van der Waals surface area contributed by atoms with Crippen LogP contribution < -0.4 is 5.32 Å². The Kier molecular flexibility index (Phi) is 3.98. The van der Waals surface area contributed by atoms with E-state index in [4.69, 9.17) is 0 Å². The minimum Gasteiger partial charge on any atom is -0.311 e. The molecule has 0 bridgehead atoms. The average molecular weight is 290 g/mol. The minimum atomic E-state index is -2.92. The van der Waals surface area contributed by atoms with Crippen molar-refractivity contribution in [2.24, 2.45) is 0 Å². The highest BCUT2D eigenvalue weighted by Gasteiger charge is 2.30. The molecule has 18 heavy (non-hydrogen) atoms. The normalized spacial score (nSPS) is 22.1. The molecule has 8 heteroatoms. The van der Waals surface area contributed by atoms with E-state index in [0.29, 0.717) is 19.5 Å². The number of nitrogens with zero attached hydrogens (tertiary/aromatic N) is 1. The van der Waals surface area contributed by atoms with Gasteiger partial charge in [0.2, 0.25) is 0 Å². The van der Waals surface area contributed by atoms with Gasteiger partial charge >= 0.3 is 5.00 Å². The second-order valence-electron chi connectivity index (χ2n) is 4.26. The highest BCUT2D eigenvalue weighted by molar-refractivity contribution is 7.92. The van der Waals surface area contributed by atoms with Crippen molar-refractivity contribution >= 4 is 26.2 Å². The van der Waals surface area contributed by atoms with E-state index in [9.17, 15) is 18.5 Å². The first-order valence-corrected chi connectivity index (χ1v) is 8.17. The van der Waals surface area contributed by atoms with Gasteiger partial charge in [0.05, 0.1) is 15.9 Å². The number of sulfone groups is 1. The van der Waals surface area contributed by atoms with E-state index in [1.165, 1.54) is 6.07 Å². The Morgan fingerprint density at radius 3 is 2.83 bits per heavy atom. The van der Waals surface area contributed by atoms with E-state index in [1.807, 2.05) is 0 Å². The Labute approximate surface area is 109 Å². The summed E-state index contributed by atoms with van der Waals surface area (Å²) in [7, 11) is -2.92. The molecule has 0 aromatic carbocycles. The quantitative estimate of drug-likeness (QED) is 0.652. The van der Waals surface area contributed by atoms with Crippen LogP contribution in [0.15, 0.2) is 12.1 Å². The van der Waals surface area contributed by atoms with Gasteiger partial charge in [-0.15, -0.1) is 0 Å². The first-order chi connectivity index (χ1) is 8.49. The minimum absolute atomic E-state index is 0.111. The molecule has 0 aliphatic carbocycles. The zero-order valence-corrected chi connectivity index (χ0v) is 11.3. The van der Waals surface area contributed by atoms with Crippen molar-refractivity contribution in [3.63, 3.8) is 0 Å². The average Bonchev–Trinajstić information content (AvgIpc) is 2.86. The molecule has 1 atom stereocenters. The fourth-order valence-electron chi connectivity index (χ4n) is 2.00. The summed E-state index contributed by atoms with van der Waals surface area (Å²) >= 11 is 1.11. The topological polar surface area (TPSA) is 89.3 Å². The summed E-state index contributed by atoms with van der Waals surface area (Å²) < 4.78 is 23.1. The lowest BCUT2D eigenvalue weighted by molar-refractivity contribution is -0.380. The molecule has 0 radical (unpaired) electrons. The number of thiophene rings is 1. The van der Waals surface area contributed by atoms with Gasteiger partial charge in [-0.1, -0.05) is 11.3 Å². The molecule has 0 amide bonds. The van der Waals surface area contributed by atoms with Crippen LogP contribution in [0.2, 0.25) is 0 Å². The summed E-state index contributed by atoms with van der Waals surface area (Å²) in [5.41, 5.74) is 0. The smallest absolute Gasteiger partial charge is 0.311 e. The molecule has 2 rings (SSSR count). The fourth-order valence-corrected chi connectivity index (χ4v) is 4.59. The maximum atomic E-state index is 11.6. The molecule has 1 aliphatic heterocycles. The van der Waals surface area contributed by atoms with Crippen LogP contribution in [0.4, 0.5) is 5.00 Å². The SMILES string of the molecule is O=[N+]([O-])c1ccc(CNCC2CCCS2(=O)=O)s1. The van der Waals surface area contributed by atoms with Gasteiger partial charge in [-0.2, -0.15) is 0 Å². The summed E-state index contributed by atoms with van der Waals surface area (Å²) in [6, 6.07) is 3.16. The Morgan fingerprint density at radius 1 is 1.50 bits per heavy atom. The molecule has 1 aromatic heterocycles. The molecule has 0 spiro atoms. The lowest BCUT2D eigenvalue weighted by atomic mass is 10.2. The number of rotatable bonds is 5. The number of hydrogen-bond donors (Lipinski definition) is 1. The van der Waals surface area contributed by atoms with Crippen molar-refractivity contribution in [2.75, 3.05) is 12.3 Å². The van der Waals surface area contributed by atoms with Crippen molar-refractivity contribution in [1.29, 1.82) is 0 Å². The van der Waals surface area contributed by atoms with Crippen LogP contribution >= 0.6 is 11.3 Å². The lowest BCUT2D eigenvalue weighted by Gasteiger charge is -2.09. The Bertz CT molecular complexity index is 538. The highest BCUT2D eigenvalue weighted by atomic mass is 32.2. The first kappa shape index (κ1) is 13.4. The van der Waals surface area contributed by atoms with Crippen LogP contribution in [-0.4, -0.2) is 30.9 Å². The van der Waals surface area contributed by atoms with E-state index < -0.39 is 14.8 Å². The van der Waals surface area contributed by atoms with Crippen LogP contribution in [0, 0.1) is 10.1 Å². The molecular formula is C10H14N2O4S2. The highest BCUT2D eigenvalue weighted by Crippen LogP contribution is 2.24. The molecule has 1 aliphatic rings. The van der Waals surface area contributed by atoms with Crippen LogP contribution in [0.1, 0.15) is 17.7 Å². The van der Waals surface area contributed by atoms with Gasteiger partial charge < -0.3 is 5.32 Å². The summed E-state index contributed by atoms with van der Waals surface area (Å²) in [6.45, 7) is 0.901. The zero-order valence-electron chi connectivity index (χ0n) is 9.66. The standard InChI is InChI=1S/C10H14N2O4S2/c13-12(14)10-4-3-8(17-10)6-11-7-9-2-1-5-18(9,15)16/h3-4,9,11H,1-2,5-7H2. The Balaban J connectivity index is 1.83. The summed E-state index contributed by atoms with van der Waals surface area (Å²) in [6.07, 6.45) is 1.44. The van der Waals surface area contributed by atoms with Gasteiger partial charge in [0.15, 0.2) is 9.84 Å². The van der Waals surface area contributed by atoms with Crippen molar-refractivity contribution in [3.05, 3.63) is 27.1 Å². The number of nitrogens with one attached hydrogen (secondary N) is 1. The van der Waals surface area contributed by atoms with Crippen LogP contribution in [0.25, 0.3) is 0 Å². The molecular weight excluding hydrogens is 276 g/mol. The first-order valence-electron chi connectivity index (χ1n) is 5.64. The number of hydrogen-bond acceptors (Lipinski definition) is 6. The molecule has 2 heterocycles. The van der Waals surface area contributed by atoms with Crippen LogP contribution in [-0.2, 0) is 16.4 Å². The van der Waals surface area contributed by atoms with Crippen molar-refractivity contribution in [2.45, 2.75) is 24.6 Å². The van der Waals surface area contributed by atoms with Gasteiger partial charge in [-0.3, -0.25) is 10.1 Å². The molecule has 1 fully saturated rings. The van der Waals surface area contributed by atoms with E-state index in [2.05, 4.69) is 5.32 Å². The van der Waals surface area contributed by atoms with Gasteiger partial charge in [-0.05, 0) is 18.9 Å². The van der Waals surface area contributed by atoms with Gasteiger partial charge in [0.1, 0.15) is 0 Å². The zero-order chi connectivity index (χ0) is 13.2. The predicted molar refractivity (Wildman–Crippen MR) is 69.5 cm³/mol. The monoisotopic (exact) mass is 290 g/mol. The third-order valence-electron chi connectivity index (χ3n) is 2.96. The van der Waals surface area contributed by atoms with Crippen LogP contribution in [0.3, 0.4) is 0 Å². The molecule has 1 aromatic rings. The Hall–Kier alpha value is -0.990. The predicted octanol–water partition coefficient (Wildman–Crippen LogP) is 1.32.